The van der Waals surface area contributed by atoms with E-state index in [1.54, 1.807) is 0 Å². The Morgan fingerprint density at radius 1 is 1.31 bits per heavy atom. The first-order valence-electron chi connectivity index (χ1n) is 5.74. The van der Waals surface area contributed by atoms with Crippen LogP contribution in [0.5, 0.6) is 0 Å². The summed E-state index contributed by atoms with van der Waals surface area (Å²) >= 11 is 0. The van der Waals surface area contributed by atoms with Crippen molar-refractivity contribution in [3.8, 4) is 5.63 Å². The Morgan fingerprint density at radius 3 is 2.81 bits per heavy atom. The van der Waals surface area contributed by atoms with Gasteiger partial charge in [-0.05, 0) is 0 Å². The van der Waals surface area contributed by atoms with Gasteiger partial charge in [-0.1, -0.05) is 0 Å². The average Bonchev–Trinajstić information content (AvgIpc) is 2.28. The molecule has 16 heavy (non-hydrogen) atoms. The molecule has 4 nitrogen and oxygen atoms in total. The Hall–Kier alpha value is -0.560. The summed E-state index contributed by atoms with van der Waals surface area (Å²) in [4.78, 5) is 10.9. The minimum absolute atomic E-state index is 0.0148. The van der Waals surface area contributed by atoms with Crippen LogP contribution in [0, 0.1) is 23.4 Å². The molecule has 2 aliphatic rings. The molecule has 0 aromatic heterocycles. The molecular weight excluding hydrogens is 225 g/mol. The first-order valence-corrected chi connectivity index (χ1v) is 6.56. The van der Waals surface area contributed by atoms with Crippen molar-refractivity contribution in [3.05, 3.63) is 0 Å². The maximum absolute atomic E-state index is 10.9. The van der Waals surface area contributed by atoms with E-state index in [0.717, 1.165) is 25.8 Å². The fraction of sp³-hybridized carbons (Fsp3) is 0.818. The third-order valence-corrected chi connectivity index (χ3v) is 4.31. The standard InChI is InChI=1S/C11H16NO3P/c13-11(14)10-4-9-3-7(6-16-15)1-2-8(9)5-12-10/h7-10,12H,1-5H2,(H,13,14). The number of hydrogen-bond acceptors (Lipinski definition) is 3. The van der Waals surface area contributed by atoms with Crippen LogP contribution in [0.1, 0.15) is 25.7 Å². The summed E-state index contributed by atoms with van der Waals surface area (Å²) in [7, 11) is -0.0148. The fourth-order valence-electron chi connectivity index (χ4n) is 2.94. The molecule has 5 heteroatoms. The van der Waals surface area contributed by atoms with Crippen LogP contribution in [0.25, 0.3) is 0 Å². The zero-order valence-corrected chi connectivity index (χ0v) is 9.95. The molecule has 4 atom stereocenters. The molecule has 0 amide bonds. The van der Waals surface area contributed by atoms with E-state index in [4.69, 9.17) is 5.11 Å². The summed E-state index contributed by atoms with van der Waals surface area (Å²) in [6.07, 6.45) is 3.78. The van der Waals surface area contributed by atoms with E-state index in [-0.39, 0.29) is 13.8 Å². The van der Waals surface area contributed by atoms with Gasteiger partial charge in [0.25, 0.3) is 0 Å². The predicted molar refractivity (Wildman–Crippen MR) is 59.9 cm³/mol. The molecule has 1 saturated heterocycles. The number of fused-ring (bicyclic) bond motifs is 1. The van der Waals surface area contributed by atoms with E-state index in [1.807, 2.05) is 0 Å². The summed E-state index contributed by atoms with van der Waals surface area (Å²) in [6, 6.07) is -0.398. The van der Waals surface area contributed by atoms with Crippen molar-refractivity contribution < 1.29 is 14.5 Å². The van der Waals surface area contributed by atoms with Crippen molar-refractivity contribution >= 4 is 13.9 Å². The zero-order chi connectivity index (χ0) is 11.5. The molecule has 0 bridgehead atoms. The molecule has 1 aliphatic heterocycles. The summed E-state index contributed by atoms with van der Waals surface area (Å²) in [5.41, 5.74) is 2.91. The molecule has 0 spiro atoms. The Morgan fingerprint density at radius 2 is 2.12 bits per heavy atom. The number of nitrogens with one attached hydrogen (secondary N) is 1. The number of hydrogen-bond donors (Lipinski definition) is 2. The second-order valence-electron chi connectivity index (χ2n) is 4.79. The van der Waals surface area contributed by atoms with E-state index >= 15 is 0 Å². The number of carboxylic acid groups (broad SMARTS) is 1. The van der Waals surface area contributed by atoms with Crippen LogP contribution in [0.2, 0.25) is 0 Å². The van der Waals surface area contributed by atoms with Crippen LogP contribution in [0.3, 0.4) is 0 Å². The average molecular weight is 241 g/mol. The van der Waals surface area contributed by atoms with Gasteiger partial charge in [0.2, 0.25) is 0 Å². The van der Waals surface area contributed by atoms with E-state index in [2.05, 4.69) is 10.9 Å². The van der Waals surface area contributed by atoms with E-state index in [1.165, 1.54) is 0 Å². The summed E-state index contributed by atoms with van der Waals surface area (Å²) in [5, 5.41) is 12.0. The number of rotatable bonds is 1. The van der Waals surface area contributed by atoms with Gasteiger partial charge >= 0.3 is 95.3 Å². The monoisotopic (exact) mass is 241 g/mol. The summed E-state index contributed by atoms with van der Waals surface area (Å²) in [5.74, 6) is 0.579. The van der Waals surface area contributed by atoms with Crippen LogP contribution in [0.4, 0.5) is 0 Å². The van der Waals surface area contributed by atoms with Crippen molar-refractivity contribution in [2.75, 3.05) is 6.54 Å². The molecule has 2 rings (SSSR count). The van der Waals surface area contributed by atoms with E-state index in [9.17, 15) is 9.36 Å². The van der Waals surface area contributed by atoms with Crippen molar-refractivity contribution in [3.63, 3.8) is 0 Å². The quantitative estimate of drug-likeness (QED) is 0.686. The number of piperidine rings is 1. The topological polar surface area (TPSA) is 66.4 Å². The molecule has 1 heterocycles. The molecule has 4 unspecified atom stereocenters. The predicted octanol–water partition coefficient (Wildman–Crippen LogP) is 1.72. The molecule has 2 fully saturated rings. The van der Waals surface area contributed by atoms with Crippen molar-refractivity contribution in [2.24, 2.45) is 17.8 Å². The van der Waals surface area contributed by atoms with Crippen molar-refractivity contribution in [1.29, 1.82) is 0 Å². The summed E-state index contributed by atoms with van der Waals surface area (Å²) < 4.78 is 10.5. The molecule has 0 aromatic carbocycles. The van der Waals surface area contributed by atoms with Gasteiger partial charge in [0.15, 0.2) is 0 Å². The third kappa shape index (κ3) is 2.57. The number of aliphatic carboxylic acids is 1. The Balaban J connectivity index is 2.00. The van der Waals surface area contributed by atoms with Gasteiger partial charge in [-0.25, -0.2) is 0 Å². The Kier molecular flexibility index (Phi) is 3.86. The van der Waals surface area contributed by atoms with Crippen LogP contribution < -0.4 is 5.32 Å². The second-order valence-corrected chi connectivity index (χ2v) is 5.23. The van der Waals surface area contributed by atoms with Gasteiger partial charge in [0.05, 0.1) is 0 Å². The minimum atomic E-state index is -0.754. The molecule has 1 aliphatic carbocycles. The normalized spacial score (nSPS) is 38.2. The van der Waals surface area contributed by atoms with Gasteiger partial charge in [-0.3, -0.25) is 0 Å². The zero-order valence-electron chi connectivity index (χ0n) is 9.06. The number of carboxylic acids is 1. The third-order valence-electron chi connectivity index (χ3n) is 3.84. The van der Waals surface area contributed by atoms with Gasteiger partial charge in [0, 0.05) is 0 Å². The Bertz CT molecular complexity index is 378. The maximum atomic E-state index is 10.9. The molecule has 1 saturated carbocycles. The van der Waals surface area contributed by atoms with Crippen LogP contribution in [0.15, 0.2) is 0 Å². The van der Waals surface area contributed by atoms with Crippen LogP contribution in [-0.2, 0) is 9.36 Å². The molecule has 2 N–H and O–H groups in total. The van der Waals surface area contributed by atoms with Crippen molar-refractivity contribution in [1.82, 2.24) is 5.32 Å². The van der Waals surface area contributed by atoms with Gasteiger partial charge in [-0.15, -0.1) is 0 Å². The SMILES string of the molecule is O=P#CC1CCC2CNC(C(=O)O)CC2C1. The molecule has 88 valence electrons. The van der Waals surface area contributed by atoms with Gasteiger partial charge in [0.1, 0.15) is 0 Å². The molecule has 0 radical (unpaired) electrons. The summed E-state index contributed by atoms with van der Waals surface area (Å²) in [6.45, 7) is 0.809. The fourth-order valence-corrected chi connectivity index (χ4v) is 3.33. The molecule has 0 aromatic rings. The van der Waals surface area contributed by atoms with Crippen LogP contribution in [-0.4, -0.2) is 23.7 Å². The first-order chi connectivity index (χ1) is 7.70. The second kappa shape index (κ2) is 5.18. The van der Waals surface area contributed by atoms with Gasteiger partial charge < -0.3 is 0 Å². The van der Waals surface area contributed by atoms with Crippen molar-refractivity contribution in [2.45, 2.75) is 31.7 Å². The van der Waals surface area contributed by atoms with E-state index in [0.29, 0.717) is 18.3 Å². The Labute approximate surface area is 95.9 Å². The molecular formula is C11H16NO3P. The van der Waals surface area contributed by atoms with Crippen LogP contribution >= 0.6 is 7.92 Å². The van der Waals surface area contributed by atoms with E-state index < -0.39 is 12.0 Å². The first kappa shape index (κ1) is 11.9. The number of carbonyl (C=O) groups is 1. The van der Waals surface area contributed by atoms with Gasteiger partial charge in [-0.2, -0.15) is 0 Å².